The van der Waals surface area contributed by atoms with Crippen LogP contribution in [-0.4, -0.2) is 36.6 Å². The minimum Gasteiger partial charge on any atom is -0.486 e. The molecule has 1 unspecified atom stereocenters. The monoisotopic (exact) mass is 301 g/mol. The first-order chi connectivity index (χ1) is 10.7. The van der Waals surface area contributed by atoms with Crippen LogP contribution in [-0.2, 0) is 0 Å². The Labute approximate surface area is 129 Å². The minimum atomic E-state index is -0.186. The van der Waals surface area contributed by atoms with Crippen LogP contribution in [0.15, 0.2) is 41.0 Å². The van der Waals surface area contributed by atoms with Crippen molar-refractivity contribution in [3.63, 3.8) is 0 Å². The van der Waals surface area contributed by atoms with Gasteiger partial charge in [0.15, 0.2) is 23.4 Å². The lowest BCUT2D eigenvalue weighted by atomic mass is 10.2. The lowest BCUT2D eigenvalue weighted by Gasteiger charge is -2.30. The smallest absolute Gasteiger partial charge is 0.289 e. The third kappa shape index (κ3) is 2.79. The Hall–Kier alpha value is -2.43. The highest BCUT2D eigenvalue weighted by molar-refractivity contribution is 5.92. The van der Waals surface area contributed by atoms with Gasteiger partial charge in [-0.15, -0.1) is 0 Å². The van der Waals surface area contributed by atoms with Gasteiger partial charge in [-0.05, 0) is 32.0 Å². The number of fused-ring (bicyclic) bond motifs is 1. The van der Waals surface area contributed by atoms with Gasteiger partial charge in [0.25, 0.3) is 5.91 Å². The SMILES string of the molecule is CCN(CC1COc2ccccc2O1)C(=O)c1occc1C. The van der Waals surface area contributed by atoms with Crippen LogP contribution in [0.3, 0.4) is 0 Å². The molecular formula is C17H19NO4. The molecule has 3 rings (SSSR count). The third-order valence-corrected chi connectivity index (χ3v) is 3.72. The Kier molecular flexibility index (Phi) is 4.04. The molecule has 22 heavy (non-hydrogen) atoms. The lowest BCUT2D eigenvalue weighted by Crippen LogP contribution is -2.43. The van der Waals surface area contributed by atoms with Crippen molar-refractivity contribution in [1.29, 1.82) is 0 Å². The molecular weight excluding hydrogens is 282 g/mol. The highest BCUT2D eigenvalue weighted by atomic mass is 16.6. The number of carbonyl (C=O) groups excluding carboxylic acids is 1. The number of carbonyl (C=O) groups is 1. The van der Waals surface area contributed by atoms with Crippen molar-refractivity contribution in [2.45, 2.75) is 20.0 Å². The van der Waals surface area contributed by atoms with Gasteiger partial charge in [0.05, 0.1) is 12.8 Å². The molecule has 0 radical (unpaired) electrons. The van der Waals surface area contributed by atoms with E-state index in [4.69, 9.17) is 13.9 Å². The molecule has 1 aromatic carbocycles. The van der Waals surface area contributed by atoms with E-state index in [1.807, 2.05) is 38.1 Å². The normalized spacial score (nSPS) is 16.4. The Morgan fingerprint density at radius 2 is 2.05 bits per heavy atom. The maximum Gasteiger partial charge on any atom is 0.289 e. The number of nitrogens with zero attached hydrogens (tertiary/aromatic N) is 1. The molecule has 5 heteroatoms. The maximum absolute atomic E-state index is 12.5. The number of amides is 1. The fourth-order valence-corrected chi connectivity index (χ4v) is 2.49. The Morgan fingerprint density at radius 1 is 1.27 bits per heavy atom. The van der Waals surface area contributed by atoms with E-state index in [1.54, 1.807) is 11.0 Å². The number of furan rings is 1. The van der Waals surface area contributed by atoms with Crippen molar-refractivity contribution in [3.05, 3.63) is 47.9 Å². The molecule has 0 saturated carbocycles. The molecule has 5 nitrogen and oxygen atoms in total. The van der Waals surface area contributed by atoms with Gasteiger partial charge in [0, 0.05) is 12.1 Å². The van der Waals surface area contributed by atoms with Crippen LogP contribution in [0.5, 0.6) is 11.5 Å². The molecule has 1 amide bonds. The van der Waals surface area contributed by atoms with E-state index < -0.39 is 0 Å². The molecule has 0 bridgehead atoms. The number of aryl methyl sites for hydroxylation is 1. The van der Waals surface area contributed by atoms with E-state index >= 15 is 0 Å². The van der Waals surface area contributed by atoms with E-state index in [1.165, 1.54) is 6.26 Å². The molecule has 0 N–H and O–H groups in total. The van der Waals surface area contributed by atoms with Crippen LogP contribution in [0, 0.1) is 6.92 Å². The molecule has 2 heterocycles. The van der Waals surface area contributed by atoms with Crippen LogP contribution < -0.4 is 9.47 Å². The number of hydrogen-bond acceptors (Lipinski definition) is 4. The van der Waals surface area contributed by atoms with Crippen LogP contribution in [0.2, 0.25) is 0 Å². The first-order valence-corrected chi connectivity index (χ1v) is 7.41. The zero-order chi connectivity index (χ0) is 15.5. The highest BCUT2D eigenvalue weighted by Crippen LogP contribution is 2.31. The van der Waals surface area contributed by atoms with Crippen LogP contribution in [0.1, 0.15) is 23.0 Å². The predicted octanol–water partition coefficient (Wildman–Crippen LogP) is 2.89. The Balaban J connectivity index is 1.69. The topological polar surface area (TPSA) is 51.9 Å². The summed E-state index contributed by atoms with van der Waals surface area (Å²) in [5, 5.41) is 0. The number of hydrogen-bond donors (Lipinski definition) is 0. The molecule has 1 aliphatic heterocycles. The summed E-state index contributed by atoms with van der Waals surface area (Å²) in [5.74, 6) is 1.73. The molecule has 1 aromatic heterocycles. The number of para-hydroxylation sites is 2. The van der Waals surface area contributed by atoms with Crippen LogP contribution >= 0.6 is 0 Å². The minimum absolute atomic E-state index is 0.118. The van der Waals surface area contributed by atoms with Crippen molar-refractivity contribution in [3.8, 4) is 11.5 Å². The van der Waals surface area contributed by atoms with Crippen molar-refractivity contribution in [2.24, 2.45) is 0 Å². The van der Waals surface area contributed by atoms with Gasteiger partial charge in [-0.3, -0.25) is 4.79 Å². The zero-order valence-electron chi connectivity index (χ0n) is 12.7. The summed E-state index contributed by atoms with van der Waals surface area (Å²) in [7, 11) is 0. The van der Waals surface area contributed by atoms with Gasteiger partial charge in [-0.25, -0.2) is 0 Å². The predicted molar refractivity (Wildman–Crippen MR) is 81.4 cm³/mol. The van der Waals surface area contributed by atoms with Crippen LogP contribution in [0.4, 0.5) is 0 Å². The molecule has 2 aromatic rings. The van der Waals surface area contributed by atoms with Gasteiger partial charge in [0.1, 0.15) is 6.61 Å². The van der Waals surface area contributed by atoms with Crippen molar-refractivity contribution in [1.82, 2.24) is 4.90 Å². The molecule has 0 saturated heterocycles. The standard InChI is InChI=1S/C17H19NO4/c1-3-18(17(19)16-12(2)8-9-20-16)10-13-11-21-14-6-4-5-7-15(14)22-13/h4-9,13H,3,10-11H2,1-2H3. The molecule has 1 aliphatic rings. The number of likely N-dealkylation sites (N-methyl/N-ethyl adjacent to an activating group) is 1. The first-order valence-electron chi connectivity index (χ1n) is 7.41. The number of ether oxygens (including phenoxy) is 2. The fraction of sp³-hybridized carbons (Fsp3) is 0.353. The summed E-state index contributed by atoms with van der Waals surface area (Å²) in [6.07, 6.45) is 1.35. The van der Waals surface area contributed by atoms with Crippen molar-refractivity contribution < 1.29 is 18.7 Å². The molecule has 0 spiro atoms. The van der Waals surface area contributed by atoms with E-state index in [-0.39, 0.29) is 12.0 Å². The third-order valence-electron chi connectivity index (χ3n) is 3.72. The molecule has 116 valence electrons. The Bertz CT molecular complexity index is 664. The summed E-state index contributed by atoms with van der Waals surface area (Å²) in [5.41, 5.74) is 0.842. The van der Waals surface area contributed by atoms with Gasteiger partial charge in [0.2, 0.25) is 0 Å². The summed E-state index contributed by atoms with van der Waals surface area (Å²) in [6, 6.07) is 9.35. The van der Waals surface area contributed by atoms with E-state index in [0.29, 0.717) is 25.5 Å². The largest absolute Gasteiger partial charge is 0.486 e. The average molecular weight is 301 g/mol. The maximum atomic E-state index is 12.5. The zero-order valence-corrected chi connectivity index (χ0v) is 12.7. The van der Waals surface area contributed by atoms with Crippen LogP contribution in [0.25, 0.3) is 0 Å². The summed E-state index contributed by atoms with van der Waals surface area (Å²) in [4.78, 5) is 14.2. The second-order valence-corrected chi connectivity index (χ2v) is 5.27. The summed E-state index contributed by atoms with van der Waals surface area (Å²) >= 11 is 0. The molecule has 1 atom stereocenters. The number of benzene rings is 1. The van der Waals surface area contributed by atoms with E-state index in [9.17, 15) is 4.79 Å². The lowest BCUT2D eigenvalue weighted by molar-refractivity contribution is 0.0455. The number of rotatable bonds is 4. The summed E-state index contributed by atoms with van der Waals surface area (Å²) < 4.78 is 16.9. The fourth-order valence-electron chi connectivity index (χ4n) is 2.49. The first kappa shape index (κ1) is 14.5. The van der Waals surface area contributed by atoms with Crippen molar-refractivity contribution >= 4 is 5.91 Å². The molecule has 0 fully saturated rings. The van der Waals surface area contributed by atoms with E-state index in [0.717, 1.165) is 17.1 Å². The van der Waals surface area contributed by atoms with E-state index in [2.05, 4.69) is 0 Å². The van der Waals surface area contributed by atoms with Gasteiger partial charge in [-0.1, -0.05) is 12.1 Å². The Morgan fingerprint density at radius 3 is 2.73 bits per heavy atom. The highest BCUT2D eigenvalue weighted by Gasteiger charge is 2.26. The quantitative estimate of drug-likeness (QED) is 0.871. The van der Waals surface area contributed by atoms with Gasteiger partial charge < -0.3 is 18.8 Å². The average Bonchev–Trinajstić information content (AvgIpc) is 2.98. The van der Waals surface area contributed by atoms with Gasteiger partial charge >= 0.3 is 0 Å². The van der Waals surface area contributed by atoms with Crippen molar-refractivity contribution in [2.75, 3.05) is 19.7 Å². The second-order valence-electron chi connectivity index (χ2n) is 5.27. The van der Waals surface area contributed by atoms with Gasteiger partial charge in [-0.2, -0.15) is 0 Å². The summed E-state index contributed by atoms with van der Waals surface area (Å²) in [6.45, 7) is 5.27. The second kappa shape index (κ2) is 6.13. The molecule has 0 aliphatic carbocycles.